The van der Waals surface area contributed by atoms with Gasteiger partial charge in [-0.2, -0.15) is 0 Å². The van der Waals surface area contributed by atoms with E-state index >= 15 is 0 Å². The normalized spacial score (nSPS) is 8.69. The number of hydrogen-bond acceptors (Lipinski definition) is 0. The highest BCUT2D eigenvalue weighted by Crippen LogP contribution is 2.21. The Morgan fingerprint density at radius 3 is 0.617 bits per heavy atom. The van der Waals surface area contributed by atoms with Crippen molar-refractivity contribution < 1.29 is 0 Å². The Balaban J connectivity index is -0.000000310. The van der Waals surface area contributed by atoms with Gasteiger partial charge in [-0.25, -0.2) is 0 Å². The Morgan fingerprint density at radius 2 is 0.404 bits per heavy atom. The number of rotatable bonds is 1. The van der Waals surface area contributed by atoms with Gasteiger partial charge >= 0.3 is 0 Å². The molecule has 0 aromatic heterocycles. The van der Waals surface area contributed by atoms with Crippen LogP contribution in [0.25, 0.3) is 21.9 Å². The van der Waals surface area contributed by atoms with Gasteiger partial charge in [0.1, 0.15) is 0 Å². The monoisotopic (exact) mass is 1260 g/mol. The smallest absolute Gasteiger partial charge is 0.0132 e. The van der Waals surface area contributed by atoms with Crippen LogP contribution in [-0.2, 0) is 5.41 Å². The van der Waals surface area contributed by atoms with E-state index in [1.165, 1.54) is 94.2 Å². The minimum Gasteiger partial charge on any atom is -0.0683 e. The van der Waals surface area contributed by atoms with Gasteiger partial charge in [0.25, 0.3) is 0 Å². The highest BCUT2D eigenvalue weighted by molar-refractivity contribution is 5.82. The average Bonchev–Trinajstić information content (AvgIpc) is 1.17. The predicted molar refractivity (Wildman–Crippen MR) is 436 cm³/mol. The van der Waals surface area contributed by atoms with E-state index in [-0.39, 0.29) is 0 Å². The summed E-state index contributed by atoms with van der Waals surface area (Å²) in [5.41, 5.74) is 20.5. The van der Waals surface area contributed by atoms with Gasteiger partial charge < -0.3 is 0 Å². The van der Waals surface area contributed by atoms with Gasteiger partial charge in [-0.1, -0.05) is 442 Å². The van der Waals surface area contributed by atoms with Crippen molar-refractivity contribution in [2.24, 2.45) is 0 Å². The van der Waals surface area contributed by atoms with E-state index < -0.39 is 0 Å². The summed E-state index contributed by atoms with van der Waals surface area (Å²) in [6, 6.07) is 98.3. The number of hydrogen-bond donors (Lipinski definition) is 0. The molecule has 0 aliphatic heterocycles. The average molecular weight is 1260 g/mol. The highest BCUT2D eigenvalue weighted by Gasteiger charge is 2.11. The van der Waals surface area contributed by atoms with E-state index in [0.717, 1.165) is 0 Å². The van der Waals surface area contributed by atoms with Crippen LogP contribution < -0.4 is 0 Å². The summed E-state index contributed by atoms with van der Waals surface area (Å²) in [5.74, 6) is 0. The summed E-state index contributed by atoms with van der Waals surface area (Å²) in [7, 11) is 0. The lowest BCUT2D eigenvalue weighted by atomic mass is 9.87. The van der Waals surface area contributed by atoms with Crippen molar-refractivity contribution >= 4 is 10.8 Å². The van der Waals surface area contributed by atoms with E-state index in [1.54, 1.807) is 0 Å². The Kier molecular flexibility index (Phi) is 65.0. The molecule has 0 aliphatic carbocycles. The van der Waals surface area contributed by atoms with E-state index in [1.807, 2.05) is 145 Å². The second kappa shape index (κ2) is 64.8. The summed E-state index contributed by atoms with van der Waals surface area (Å²) in [4.78, 5) is 0. The van der Waals surface area contributed by atoms with Crippen LogP contribution in [0, 0.1) is 83.1 Å². The molecule has 11 aromatic carbocycles. The standard InChI is InChI=1S/C12H10.C10H8.2C10H14.3C8H10.2C7H8.7C2H6/c1-3-7-11(8-4-1)12-9-5-2-6-10-12;1-2-6-10-8-4-3-7-9(10)5-1;1-7-5-8(2)10(4)9(3)6-7;1-10(2,3)9-7-5-4-6-8-9;1-7-3-5-8(2)6-4-7;1-7-4-3-5-8(2)6-7;1-7-5-3-4-6-8(7)2;2*1-7-5-3-2-4-6-7;7*1-2/h1-10H;1-8H;5-6H,1-4H3;4-8H,1-3H3;3*3-6H,1-2H3;2*2-6H,1H3;7*1-2H3. The lowest BCUT2D eigenvalue weighted by Crippen LogP contribution is -2.10. The molecule has 0 aliphatic rings. The summed E-state index contributed by atoms with van der Waals surface area (Å²) >= 11 is 0. The van der Waals surface area contributed by atoms with Gasteiger partial charge in [0.2, 0.25) is 0 Å². The molecule has 510 valence electrons. The zero-order valence-electron chi connectivity index (χ0n) is 65.1. The number of benzene rings is 11. The maximum atomic E-state index is 2.22. The molecule has 0 N–H and O–H groups in total. The second-order valence-electron chi connectivity index (χ2n) is 21.4. The van der Waals surface area contributed by atoms with Crippen molar-refractivity contribution in [3.63, 3.8) is 0 Å². The van der Waals surface area contributed by atoms with Crippen molar-refractivity contribution in [2.75, 3.05) is 0 Å². The van der Waals surface area contributed by atoms with Crippen LogP contribution >= 0.6 is 0 Å². The lowest BCUT2D eigenvalue weighted by molar-refractivity contribution is 0.590. The van der Waals surface area contributed by atoms with Gasteiger partial charge in [0.05, 0.1) is 0 Å². The molecular formula is C94H134. The fourth-order valence-corrected chi connectivity index (χ4v) is 7.76. The summed E-state index contributed by atoms with van der Waals surface area (Å²) in [5, 5.41) is 2.62. The van der Waals surface area contributed by atoms with Crippen molar-refractivity contribution in [1.82, 2.24) is 0 Å². The molecule has 0 amide bonds. The van der Waals surface area contributed by atoms with Gasteiger partial charge in [-0.3, -0.25) is 0 Å². The minimum absolute atomic E-state index is 0.293. The van der Waals surface area contributed by atoms with Gasteiger partial charge in [-0.15, -0.1) is 0 Å². The Hall–Kier alpha value is -8.32. The van der Waals surface area contributed by atoms with Gasteiger partial charge in [0.15, 0.2) is 0 Å². The van der Waals surface area contributed by atoms with Crippen molar-refractivity contribution in [3.05, 3.63) is 357 Å². The van der Waals surface area contributed by atoms with Gasteiger partial charge in [0, 0.05) is 0 Å². The third-order valence-electron chi connectivity index (χ3n) is 12.9. The van der Waals surface area contributed by atoms with E-state index in [2.05, 4.69) is 340 Å². The zero-order chi connectivity index (χ0) is 72.5. The van der Waals surface area contributed by atoms with Crippen LogP contribution in [-0.4, -0.2) is 0 Å². The zero-order valence-corrected chi connectivity index (χ0v) is 65.1. The third-order valence-corrected chi connectivity index (χ3v) is 12.9. The molecule has 94 heavy (non-hydrogen) atoms. The van der Waals surface area contributed by atoms with Crippen LogP contribution in [0.3, 0.4) is 0 Å². The van der Waals surface area contributed by atoms with Crippen LogP contribution in [0.15, 0.2) is 285 Å². The quantitative estimate of drug-likeness (QED) is 0.154. The minimum atomic E-state index is 0.293. The summed E-state index contributed by atoms with van der Waals surface area (Å²) < 4.78 is 0. The first kappa shape index (κ1) is 94.4. The molecule has 0 saturated heterocycles. The fourth-order valence-electron chi connectivity index (χ4n) is 7.76. The Bertz CT molecular complexity index is 3090. The second-order valence-corrected chi connectivity index (χ2v) is 21.4. The molecule has 0 saturated carbocycles. The molecular weight excluding hydrogens is 1130 g/mol. The van der Waals surface area contributed by atoms with Gasteiger partial charge in [-0.05, 0) is 144 Å². The third kappa shape index (κ3) is 50.3. The summed E-state index contributed by atoms with van der Waals surface area (Å²) in [6.07, 6.45) is 0. The predicted octanol–water partition coefficient (Wildman–Crippen LogP) is 30.2. The highest BCUT2D eigenvalue weighted by atomic mass is 14.2. The van der Waals surface area contributed by atoms with Crippen LogP contribution in [0.1, 0.15) is 190 Å². The van der Waals surface area contributed by atoms with Crippen LogP contribution in [0.4, 0.5) is 0 Å². The topological polar surface area (TPSA) is 0 Å². The SMILES string of the molecule is CC.CC.CC.CC.CC.CC.CC.CC(C)(C)c1ccccc1.Cc1cc(C)c(C)c(C)c1.Cc1ccc(C)cc1.Cc1cccc(C)c1.Cc1ccccc1.Cc1ccccc1.Cc1ccccc1C.c1ccc(-c2ccccc2)cc1.c1ccc2ccccc2c1. The van der Waals surface area contributed by atoms with Crippen LogP contribution in [0.2, 0.25) is 0 Å². The first-order valence-electron chi connectivity index (χ1n) is 35.1. The molecule has 0 fully saturated rings. The van der Waals surface area contributed by atoms with Crippen LogP contribution in [0.5, 0.6) is 0 Å². The van der Waals surface area contributed by atoms with Crippen molar-refractivity contribution in [2.45, 2.75) is 206 Å². The molecule has 0 unspecified atom stereocenters. The molecule has 0 nitrogen and oxygen atoms in total. The van der Waals surface area contributed by atoms with Crippen molar-refractivity contribution in [1.29, 1.82) is 0 Å². The fraction of sp³-hybridized carbons (Fsp3) is 0.319. The number of aryl methyl sites for hydroxylation is 11. The first-order chi connectivity index (χ1) is 45.3. The molecule has 11 aromatic rings. The Labute approximate surface area is 582 Å². The Morgan fingerprint density at radius 1 is 0.181 bits per heavy atom. The first-order valence-corrected chi connectivity index (χ1v) is 35.1. The van der Waals surface area contributed by atoms with E-state index in [9.17, 15) is 0 Å². The molecule has 0 spiro atoms. The molecule has 11 rings (SSSR count). The summed E-state index contributed by atoms with van der Waals surface area (Å²) in [6.45, 7) is 60.1. The molecule has 0 bridgehead atoms. The van der Waals surface area contributed by atoms with E-state index in [0.29, 0.717) is 5.41 Å². The molecule has 0 heteroatoms. The van der Waals surface area contributed by atoms with E-state index in [4.69, 9.17) is 0 Å². The molecule has 0 atom stereocenters. The maximum absolute atomic E-state index is 2.22. The van der Waals surface area contributed by atoms with Crippen molar-refractivity contribution in [3.8, 4) is 11.1 Å². The largest absolute Gasteiger partial charge is 0.0683 e. The molecule has 0 heterocycles. The molecule has 0 radical (unpaired) electrons. The number of fused-ring (bicyclic) bond motifs is 1. The lowest BCUT2D eigenvalue weighted by Gasteiger charge is -2.18. The maximum Gasteiger partial charge on any atom is -0.0132 e.